The molecule has 5 rings (SSSR count). The number of fused-ring (bicyclic) bond motifs is 2. The Labute approximate surface area is 204 Å². The van der Waals surface area contributed by atoms with E-state index in [0.717, 1.165) is 23.5 Å². The van der Waals surface area contributed by atoms with Crippen molar-refractivity contribution in [2.75, 3.05) is 12.9 Å². The first-order valence-corrected chi connectivity index (χ1v) is 12.8. The lowest BCUT2D eigenvalue weighted by molar-refractivity contribution is -0.120. The van der Waals surface area contributed by atoms with Crippen LogP contribution in [0, 0.1) is 16.7 Å². The van der Waals surface area contributed by atoms with E-state index in [9.17, 15) is 4.79 Å². The Hall–Kier alpha value is -2.74. The molecule has 0 unspecified atom stereocenters. The summed E-state index contributed by atoms with van der Waals surface area (Å²) in [5.74, 6) is 3.30. The molecule has 2 heterocycles. The zero-order valence-corrected chi connectivity index (χ0v) is 21.0. The number of nitrogens with one attached hydrogen (secondary N) is 1. The summed E-state index contributed by atoms with van der Waals surface area (Å²) in [5.41, 5.74) is 1.33. The third kappa shape index (κ3) is 3.91. The maximum absolute atomic E-state index is 13.0. The molecule has 8 heteroatoms. The second-order valence-corrected chi connectivity index (χ2v) is 11.2. The SMILES string of the molecule is COc1cccc(-c2nnc(SCC(=O)N[C@@H]3C[C@H]4CC[C@@]3(C)C4(C)C)n2Cc2ccco2)c1. The van der Waals surface area contributed by atoms with Crippen molar-refractivity contribution in [1.29, 1.82) is 0 Å². The molecular formula is C26H32N4O3S. The second-order valence-electron chi connectivity index (χ2n) is 10.2. The van der Waals surface area contributed by atoms with Gasteiger partial charge in [-0.1, -0.05) is 44.7 Å². The number of benzene rings is 1. The molecule has 0 spiro atoms. The number of nitrogens with zero attached hydrogens (tertiary/aromatic N) is 3. The van der Waals surface area contributed by atoms with Crippen molar-refractivity contribution in [1.82, 2.24) is 20.1 Å². The summed E-state index contributed by atoms with van der Waals surface area (Å²) >= 11 is 1.41. The predicted octanol–water partition coefficient (Wildman–Crippen LogP) is 5.02. The van der Waals surface area contributed by atoms with Gasteiger partial charge < -0.3 is 14.5 Å². The van der Waals surface area contributed by atoms with Crippen LogP contribution in [0.5, 0.6) is 5.75 Å². The number of rotatable bonds is 8. The number of hydrogen-bond acceptors (Lipinski definition) is 6. The number of carbonyl (C=O) groups is 1. The van der Waals surface area contributed by atoms with Crippen molar-refractivity contribution in [3.05, 3.63) is 48.4 Å². The van der Waals surface area contributed by atoms with Gasteiger partial charge in [-0.2, -0.15) is 0 Å². The van der Waals surface area contributed by atoms with Crippen LogP contribution in [-0.4, -0.2) is 39.6 Å². The van der Waals surface area contributed by atoms with Gasteiger partial charge in [0.25, 0.3) is 0 Å². The maximum atomic E-state index is 13.0. The molecule has 3 aromatic rings. The quantitative estimate of drug-likeness (QED) is 0.456. The van der Waals surface area contributed by atoms with Crippen LogP contribution >= 0.6 is 11.8 Å². The molecular weight excluding hydrogens is 448 g/mol. The number of carbonyl (C=O) groups excluding carboxylic acids is 1. The molecule has 2 aliphatic rings. The highest BCUT2D eigenvalue weighted by Crippen LogP contribution is 2.65. The fourth-order valence-electron chi connectivity index (χ4n) is 5.86. The van der Waals surface area contributed by atoms with E-state index in [-0.39, 0.29) is 22.8 Å². The van der Waals surface area contributed by atoms with Gasteiger partial charge in [0, 0.05) is 11.6 Å². The van der Waals surface area contributed by atoms with Gasteiger partial charge in [0.2, 0.25) is 5.91 Å². The molecule has 3 atom stereocenters. The van der Waals surface area contributed by atoms with Crippen molar-refractivity contribution in [3.8, 4) is 17.1 Å². The first kappa shape index (κ1) is 23.0. The van der Waals surface area contributed by atoms with Crippen molar-refractivity contribution in [3.63, 3.8) is 0 Å². The summed E-state index contributed by atoms with van der Waals surface area (Å²) < 4.78 is 13.0. The predicted molar refractivity (Wildman–Crippen MR) is 132 cm³/mol. The first-order chi connectivity index (χ1) is 16.3. The molecule has 1 N–H and O–H groups in total. The second kappa shape index (κ2) is 8.80. The van der Waals surface area contributed by atoms with E-state index in [1.54, 1.807) is 13.4 Å². The summed E-state index contributed by atoms with van der Waals surface area (Å²) in [5, 5.41) is 12.9. The van der Waals surface area contributed by atoms with Gasteiger partial charge >= 0.3 is 0 Å². The number of aromatic nitrogens is 3. The lowest BCUT2D eigenvalue weighted by atomic mass is 9.69. The van der Waals surface area contributed by atoms with Crippen LogP contribution in [0.1, 0.15) is 45.8 Å². The fraction of sp³-hybridized carbons (Fsp3) is 0.500. The summed E-state index contributed by atoms with van der Waals surface area (Å²) in [6.07, 6.45) is 5.19. The highest BCUT2D eigenvalue weighted by molar-refractivity contribution is 7.99. The molecule has 0 aliphatic heterocycles. The number of thioether (sulfide) groups is 1. The van der Waals surface area contributed by atoms with Gasteiger partial charge in [-0.25, -0.2) is 0 Å². The normalized spacial score (nSPS) is 24.9. The van der Waals surface area contributed by atoms with Crippen molar-refractivity contribution in [2.45, 2.75) is 57.8 Å². The van der Waals surface area contributed by atoms with Gasteiger partial charge in [0.15, 0.2) is 11.0 Å². The topological polar surface area (TPSA) is 82.2 Å². The molecule has 2 aromatic heterocycles. The van der Waals surface area contributed by atoms with Crippen LogP contribution in [-0.2, 0) is 11.3 Å². The average molecular weight is 481 g/mol. The molecule has 2 saturated carbocycles. The molecule has 2 bridgehead atoms. The zero-order valence-electron chi connectivity index (χ0n) is 20.2. The lowest BCUT2D eigenvalue weighted by Gasteiger charge is -2.39. The standard InChI is InChI=1S/C26H32N4O3S/c1-25(2)18-10-11-26(25,3)21(14-18)27-22(31)16-34-24-29-28-23(17-7-5-8-19(13-17)32-4)30(24)15-20-9-6-12-33-20/h5-9,12-13,18,21H,10-11,14-16H2,1-4H3,(H,27,31)/t18-,21-,26-/m1/s1. The minimum atomic E-state index is 0.0510. The molecule has 34 heavy (non-hydrogen) atoms. The fourth-order valence-corrected chi connectivity index (χ4v) is 6.61. The number of hydrogen-bond donors (Lipinski definition) is 1. The summed E-state index contributed by atoms with van der Waals surface area (Å²) in [4.78, 5) is 13.0. The van der Waals surface area contributed by atoms with Gasteiger partial charge in [0.1, 0.15) is 11.5 Å². The largest absolute Gasteiger partial charge is 0.497 e. The third-order valence-electron chi connectivity index (χ3n) is 8.40. The highest BCUT2D eigenvalue weighted by atomic mass is 32.2. The third-order valence-corrected chi connectivity index (χ3v) is 9.37. The van der Waals surface area contributed by atoms with E-state index in [1.165, 1.54) is 24.6 Å². The minimum absolute atomic E-state index is 0.0510. The number of ether oxygens (including phenoxy) is 1. The first-order valence-electron chi connectivity index (χ1n) is 11.8. The Kier molecular flexibility index (Phi) is 5.96. The minimum Gasteiger partial charge on any atom is -0.497 e. The van der Waals surface area contributed by atoms with Crippen LogP contribution in [0.15, 0.2) is 52.2 Å². The Morgan fingerprint density at radius 3 is 2.79 bits per heavy atom. The Morgan fingerprint density at radius 2 is 2.12 bits per heavy atom. The van der Waals surface area contributed by atoms with E-state index in [0.29, 0.717) is 29.2 Å². The molecule has 180 valence electrons. The molecule has 0 saturated heterocycles. The van der Waals surface area contributed by atoms with Crippen molar-refractivity contribution < 1.29 is 13.9 Å². The van der Waals surface area contributed by atoms with E-state index in [1.807, 2.05) is 41.0 Å². The van der Waals surface area contributed by atoms with Gasteiger partial charge in [0.05, 0.1) is 25.7 Å². The van der Waals surface area contributed by atoms with Gasteiger partial charge in [-0.3, -0.25) is 9.36 Å². The Balaban J connectivity index is 1.32. The van der Waals surface area contributed by atoms with E-state index in [4.69, 9.17) is 9.15 Å². The molecule has 2 fully saturated rings. The van der Waals surface area contributed by atoms with Crippen molar-refractivity contribution >= 4 is 17.7 Å². The van der Waals surface area contributed by atoms with Crippen LogP contribution in [0.2, 0.25) is 0 Å². The zero-order chi connectivity index (χ0) is 23.9. The summed E-state index contributed by atoms with van der Waals surface area (Å²) in [6.45, 7) is 7.55. The number of amides is 1. The molecule has 7 nitrogen and oxygen atoms in total. The number of furan rings is 1. The van der Waals surface area contributed by atoms with Gasteiger partial charge in [-0.15, -0.1) is 10.2 Å². The average Bonchev–Trinajstić information content (AvgIpc) is 3.57. The van der Waals surface area contributed by atoms with Gasteiger partial charge in [-0.05, 0) is 60.3 Å². The molecule has 2 aliphatic carbocycles. The van der Waals surface area contributed by atoms with Crippen LogP contribution < -0.4 is 10.1 Å². The van der Waals surface area contributed by atoms with Crippen molar-refractivity contribution in [2.24, 2.45) is 16.7 Å². The van der Waals surface area contributed by atoms with E-state index in [2.05, 4.69) is 36.3 Å². The Morgan fingerprint density at radius 1 is 1.26 bits per heavy atom. The lowest BCUT2D eigenvalue weighted by Crippen LogP contribution is -2.47. The smallest absolute Gasteiger partial charge is 0.230 e. The van der Waals surface area contributed by atoms with E-state index >= 15 is 0 Å². The van der Waals surface area contributed by atoms with Crippen LogP contribution in [0.3, 0.4) is 0 Å². The van der Waals surface area contributed by atoms with Crippen LogP contribution in [0.4, 0.5) is 0 Å². The molecule has 1 aromatic carbocycles. The summed E-state index contributed by atoms with van der Waals surface area (Å²) in [6, 6.07) is 11.8. The highest BCUT2D eigenvalue weighted by Gasteiger charge is 2.61. The molecule has 1 amide bonds. The maximum Gasteiger partial charge on any atom is 0.230 e. The monoisotopic (exact) mass is 480 g/mol. The Bertz CT molecular complexity index is 1170. The van der Waals surface area contributed by atoms with Crippen LogP contribution in [0.25, 0.3) is 11.4 Å². The molecule has 0 radical (unpaired) electrons. The number of methoxy groups -OCH3 is 1. The van der Waals surface area contributed by atoms with E-state index < -0.39 is 0 Å². The summed E-state index contributed by atoms with van der Waals surface area (Å²) in [7, 11) is 1.64.